The Bertz CT molecular complexity index is 630. The fraction of sp³-hybridized carbons (Fsp3) is 0.600. The summed E-state index contributed by atoms with van der Waals surface area (Å²) in [6, 6.07) is 2.76. The van der Waals surface area contributed by atoms with Gasteiger partial charge in [-0.2, -0.15) is 4.98 Å². The lowest BCUT2D eigenvalue weighted by atomic mass is 9.99. The molecule has 1 saturated carbocycles. The number of quaternary nitrogens is 1. The Balaban J connectivity index is 1.70. The minimum absolute atomic E-state index is 0.549. The summed E-state index contributed by atoms with van der Waals surface area (Å²) in [5.41, 5.74) is 1.50. The van der Waals surface area contributed by atoms with Gasteiger partial charge in [0.25, 0.3) is 0 Å². The van der Waals surface area contributed by atoms with Gasteiger partial charge in [0.1, 0.15) is 23.4 Å². The third-order valence-corrected chi connectivity index (χ3v) is 5.31. The molecule has 3 heterocycles. The standard InChI is InChI=1S/C15H21N5/c1-3-20-8-12(15(9-20)5-6-15)19(2)14-11-4-7-16-13(11)17-10-18-14/h4,7,10,12H,3,5-6,8-9H2,1-2H3,(H,16,17,18)/p+1. The number of aromatic amines is 1. The van der Waals surface area contributed by atoms with Crippen LogP contribution in [-0.4, -0.2) is 52.6 Å². The van der Waals surface area contributed by atoms with Gasteiger partial charge in [0.15, 0.2) is 0 Å². The Morgan fingerprint density at radius 2 is 2.30 bits per heavy atom. The molecule has 2 atom stereocenters. The molecule has 0 aromatic carbocycles. The van der Waals surface area contributed by atoms with Crippen LogP contribution in [0.5, 0.6) is 0 Å². The predicted octanol–water partition coefficient (Wildman–Crippen LogP) is 0.588. The second kappa shape index (κ2) is 4.27. The summed E-state index contributed by atoms with van der Waals surface area (Å²) in [7, 11) is 2.28. The molecular weight excluding hydrogens is 250 g/mol. The quantitative estimate of drug-likeness (QED) is 0.860. The molecule has 2 aromatic rings. The third kappa shape index (κ3) is 1.70. The molecule has 0 radical (unpaired) electrons. The van der Waals surface area contributed by atoms with E-state index in [1.807, 2.05) is 6.20 Å². The van der Waals surface area contributed by atoms with Crippen molar-refractivity contribution in [1.29, 1.82) is 0 Å². The Morgan fingerprint density at radius 1 is 1.45 bits per heavy atom. The second-order valence-corrected chi connectivity index (χ2v) is 6.39. The maximum atomic E-state index is 4.58. The second-order valence-electron chi connectivity index (χ2n) is 6.39. The third-order valence-electron chi connectivity index (χ3n) is 5.31. The Hall–Kier alpha value is -1.46. The van der Waals surface area contributed by atoms with Gasteiger partial charge < -0.3 is 4.98 Å². The van der Waals surface area contributed by atoms with Crippen LogP contribution in [0.1, 0.15) is 19.8 Å². The number of nitrogens with zero attached hydrogens (tertiary/aromatic N) is 3. The van der Waals surface area contributed by atoms with Crippen molar-refractivity contribution >= 4 is 16.9 Å². The monoisotopic (exact) mass is 272 g/mol. The van der Waals surface area contributed by atoms with Crippen LogP contribution in [0.25, 0.3) is 11.0 Å². The van der Waals surface area contributed by atoms with Gasteiger partial charge in [-0.1, -0.05) is 6.92 Å². The van der Waals surface area contributed by atoms with E-state index in [0.717, 1.165) is 23.4 Å². The highest BCUT2D eigenvalue weighted by atomic mass is 15.3. The van der Waals surface area contributed by atoms with Crippen LogP contribution in [0, 0.1) is 5.41 Å². The van der Waals surface area contributed by atoms with E-state index in [1.54, 1.807) is 6.33 Å². The summed E-state index contributed by atoms with van der Waals surface area (Å²) in [5, 5.41) is 1.16. The van der Waals surface area contributed by atoms with Crippen molar-refractivity contribution in [3.63, 3.8) is 0 Å². The van der Waals surface area contributed by atoms with E-state index >= 15 is 0 Å². The van der Waals surface area contributed by atoms with E-state index in [1.165, 1.54) is 30.8 Å². The molecule has 2 aliphatic rings. The first kappa shape index (κ1) is 12.3. The summed E-state index contributed by atoms with van der Waals surface area (Å²) in [4.78, 5) is 16.1. The first-order chi connectivity index (χ1) is 9.73. The van der Waals surface area contributed by atoms with Crippen molar-refractivity contribution in [2.45, 2.75) is 25.8 Å². The number of fused-ring (bicyclic) bond motifs is 1. The fourth-order valence-corrected chi connectivity index (χ4v) is 3.93. The minimum atomic E-state index is 0.549. The highest BCUT2D eigenvalue weighted by Gasteiger charge is 2.59. The first-order valence-corrected chi connectivity index (χ1v) is 7.58. The number of likely N-dealkylation sites (N-methyl/N-ethyl adjacent to an activating group) is 2. The lowest BCUT2D eigenvalue weighted by Gasteiger charge is -2.24. The molecule has 4 rings (SSSR count). The van der Waals surface area contributed by atoms with E-state index in [-0.39, 0.29) is 0 Å². The number of hydrogen-bond acceptors (Lipinski definition) is 3. The molecule has 2 N–H and O–H groups in total. The van der Waals surface area contributed by atoms with E-state index in [4.69, 9.17) is 0 Å². The minimum Gasteiger partial charge on any atom is -0.346 e. The van der Waals surface area contributed by atoms with Crippen LogP contribution >= 0.6 is 0 Å². The molecule has 0 bridgehead atoms. The Kier molecular flexibility index (Phi) is 2.62. The number of H-pyrrole nitrogens is 1. The molecule has 1 spiro atoms. The van der Waals surface area contributed by atoms with Crippen LogP contribution in [-0.2, 0) is 0 Å². The zero-order valence-corrected chi connectivity index (χ0v) is 12.2. The van der Waals surface area contributed by atoms with Gasteiger partial charge in [-0.3, -0.25) is 9.80 Å². The van der Waals surface area contributed by atoms with Crippen molar-refractivity contribution in [2.75, 3.05) is 26.7 Å². The highest BCUT2D eigenvalue weighted by Crippen LogP contribution is 2.52. The van der Waals surface area contributed by atoms with Crippen molar-refractivity contribution in [2.24, 2.45) is 5.41 Å². The molecule has 1 saturated heterocycles. The molecule has 0 amide bonds. The van der Waals surface area contributed by atoms with Gasteiger partial charge >= 0.3 is 0 Å². The Morgan fingerprint density at radius 3 is 3.05 bits per heavy atom. The van der Waals surface area contributed by atoms with Gasteiger partial charge in [0, 0.05) is 18.2 Å². The molecule has 106 valence electrons. The smallest absolute Gasteiger partial charge is 0.238 e. The summed E-state index contributed by atoms with van der Waals surface area (Å²) >= 11 is 0. The lowest BCUT2D eigenvalue weighted by molar-refractivity contribution is -0.844. The number of aromatic nitrogens is 3. The number of hydrogen-bond donors (Lipinski definition) is 2. The van der Waals surface area contributed by atoms with E-state index < -0.39 is 0 Å². The zero-order chi connectivity index (χ0) is 13.7. The molecule has 2 unspecified atom stereocenters. The molecule has 1 aliphatic heterocycles. The average Bonchev–Trinajstić information content (AvgIpc) is 2.92. The molecule has 1 aliphatic carbocycles. The van der Waals surface area contributed by atoms with Gasteiger partial charge in [-0.25, -0.2) is 4.98 Å². The normalized spacial score (nSPS) is 26.4. The van der Waals surface area contributed by atoms with Crippen LogP contribution in [0.3, 0.4) is 0 Å². The maximum absolute atomic E-state index is 4.58. The topological polar surface area (TPSA) is 49.2 Å². The lowest BCUT2D eigenvalue weighted by Crippen LogP contribution is -3.10. The maximum Gasteiger partial charge on any atom is 0.238 e. The van der Waals surface area contributed by atoms with Gasteiger partial charge in [0.2, 0.25) is 5.82 Å². The van der Waals surface area contributed by atoms with E-state index in [9.17, 15) is 0 Å². The largest absolute Gasteiger partial charge is 0.346 e. The molecule has 20 heavy (non-hydrogen) atoms. The number of nitrogens with one attached hydrogen (secondary N) is 2. The van der Waals surface area contributed by atoms with Crippen molar-refractivity contribution < 1.29 is 4.90 Å². The summed E-state index contributed by atoms with van der Waals surface area (Å²) in [6.45, 7) is 5.89. The van der Waals surface area contributed by atoms with Crippen molar-refractivity contribution in [1.82, 2.24) is 19.9 Å². The molecular formula is C15H22N5+. The zero-order valence-electron chi connectivity index (χ0n) is 12.2. The number of rotatable bonds is 3. The fourth-order valence-electron chi connectivity index (χ4n) is 3.93. The van der Waals surface area contributed by atoms with Crippen LogP contribution in [0.15, 0.2) is 18.6 Å². The van der Waals surface area contributed by atoms with E-state index in [0.29, 0.717) is 11.5 Å². The summed E-state index contributed by atoms with van der Waals surface area (Å²) < 4.78 is 0. The van der Waals surface area contributed by atoms with Gasteiger partial charge in [-0.15, -0.1) is 0 Å². The van der Waals surface area contributed by atoms with Crippen LogP contribution in [0.4, 0.5) is 5.82 Å². The molecule has 2 aromatic heterocycles. The molecule has 2 fully saturated rings. The van der Waals surface area contributed by atoms with Crippen molar-refractivity contribution in [3.05, 3.63) is 18.6 Å². The highest BCUT2D eigenvalue weighted by molar-refractivity contribution is 5.82. The first-order valence-electron chi connectivity index (χ1n) is 7.58. The summed E-state index contributed by atoms with van der Waals surface area (Å²) in [5.74, 6) is 1.14. The van der Waals surface area contributed by atoms with E-state index in [2.05, 4.69) is 39.9 Å². The molecule has 5 heteroatoms. The molecule has 5 nitrogen and oxygen atoms in total. The number of likely N-dealkylation sites (tertiary alicyclic amines) is 1. The van der Waals surface area contributed by atoms with Crippen molar-refractivity contribution in [3.8, 4) is 0 Å². The SMILES string of the molecule is CCN1CC([NH+](C)c2ncnc3[nH]ccc23)C2(CC2)C1. The predicted molar refractivity (Wildman–Crippen MR) is 78.0 cm³/mol. The Labute approximate surface area is 119 Å². The van der Waals surface area contributed by atoms with Crippen LogP contribution < -0.4 is 4.90 Å². The van der Waals surface area contributed by atoms with Gasteiger partial charge in [0.05, 0.1) is 13.6 Å². The van der Waals surface area contributed by atoms with Gasteiger partial charge in [-0.05, 0) is 25.5 Å². The van der Waals surface area contributed by atoms with Crippen LogP contribution in [0.2, 0.25) is 0 Å². The average molecular weight is 272 g/mol. The summed E-state index contributed by atoms with van der Waals surface area (Å²) in [6.07, 6.45) is 6.40.